The van der Waals surface area contributed by atoms with Crippen LogP contribution in [0.15, 0.2) is 21.9 Å². The van der Waals surface area contributed by atoms with Crippen molar-refractivity contribution < 1.29 is 24.2 Å². The Morgan fingerprint density at radius 3 is 2.50 bits per heavy atom. The molecule has 0 spiro atoms. The van der Waals surface area contributed by atoms with Gasteiger partial charge in [-0.1, -0.05) is 6.07 Å². The lowest BCUT2D eigenvalue weighted by Gasteiger charge is -1.87. The third-order valence-electron chi connectivity index (χ3n) is 1.76. The molecule has 0 bridgehead atoms. The van der Waals surface area contributed by atoms with Gasteiger partial charge < -0.3 is 14.6 Å². The predicted octanol–water partition coefficient (Wildman–Crippen LogP) is 1.80. The summed E-state index contributed by atoms with van der Waals surface area (Å²) in [4.78, 5) is 25.7. The minimum absolute atomic E-state index is 0.00444. The Balaban J connectivity index is 2.55. The minimum atomic E-state index is -1.45. The maximum atomic E-state index is 10.7. The van der Waals surface area contributed by atoms with Crippen LogP contribution in [0.25, 0.3) is 10.8 Å². The molecule has 0 fully saturated rings. The van der Waals surface area contributed by atoms with Gasteiger partial charge in [0.1, 0.15) is 0 Å². The van der Waals surface area contributed by atoms with E-state index in [4.69, 9.17) is 14.6 Å². The Bertz CT molecular complexity index is 511. The van der Waals surface area contributed by atoms with Crippen LogP contribution in [-0.4, -0.2) is 27.1 Å². The van der Waals surface area contributed by atoms with Crippen LogP contribution >= 0.6 is 11.3 Å². The van der Waals surface area contributed by atoms with Crippen LogP contribution in [0.4, 0.5) is 0 Å². The van der Waals surface area contributed by atoms with Crippen molar-refractivity contribution in [2.24, 2.45) is 0 Å². The summed E-state index contributed by atoms with van der Waals surface area (Å²) < 4.78 is 4.90. The maximum Gasteiger partial charge on any atom is 0.374 e. The molecular formula is C9H5NO5S. The third kappa shape index (κ3) is 1.68. The number of hydrogen-bond acceptors (Lipinski definition) is 5. The van der Waals surface area contributed by atoms with Crippen molar-refractivity contribution in [1.29, 1.82) is 0 Å². The molecule has 0 atom stereocenters. The number of carboxylic acids is 2. The number of nitrogens with zero attached hydrogens (tertiary/aromatic N) is 1. The number of aromatic carboxylic acids is 2. The summed E-state index contributed by atoms with van der Waals surface area (Å²) in [5.41, 5.74) is -0.587. The van der Waals surface area contributed by atoms with Crippen LogP contribution in [0, 0.1) is 0 Å². The SMILES string of the molecule is O=C(O)c1nc(-c2cccs2)oc1C(=O)O. The molecule has 2 aromatic rings. The van der Waals surface area contributed by atoms with Gasteiger partial charge in [0, 0.05) is 0 Å². The summed E-state index contributed by atoms with van der Waals surface area (Å²) >= 11 is 1.28. The Labute approximate surface area is 92.8 Å². The van der Waals surface area contributed by atoms with Gasteiger partial charge in [0.25, 0.3) is 0 Å². The smallest absolute Gasteiger partial charge is 0.374 e. The average Bonchev–Trinajstić information content (AvgIpc) is 2.86. The molecule has 0 saturated heterocycles. The second kappa shape index (κ2) is 3.78. The summed E-state index contributed by atoms with van der Waals surface area (Å²) in [5.74, 6) is -3.53. The monoisotopic (exact) mass is 239 g/mol. The van der Waals surface area contributed by atoms with Crippen LogP contribution < -0.4 is 0 Å². The van der Waals surface area contributed by atoms with Crippen LogP contribution in [0.5, 0.6) is 0 Å². The molecule has 2 N–H and O–H groups in total. The fourth-order valence-electron chi connectivity index (χ4n) is 1.12. The lowest BCUT2D eigenvalue weighted by atomic mass is 10.3. The first-order valence-corrected chi connectivity index (χ1v) is 4.99. The molecule has 2 heterocycles. The van der Waals surface area contributed by atoms with Crippen molar-refractivity contribution >= 4 is 23.3 Å². The Hall–Kier alpha value is -2.15. The summed E-state index contributed by atoms with van der Waals surface area (Å²) in [6.45, 7) is 0. The zero-order valence-electron chi connectivity index (χ0n) is 7.71. The van der Waals surface area contributed by atoms with E-state index in [0.717, 1.165) is 0 Å². The van der Waals surface area contributed by atoms with E-state index >= 15 is 0 Å². The molecule has 0 aliphatic rings. The third-order valence-corrected chi connectivity index (χ3v) is 2.61. The second-order valence-corrected chi connectivity index (χ2v) is 3.73. The van der Waals surface area contributed by atoms with E-state index < -0.39 is 23.4 Å². The van der Waals surface area contributed by atoms with Gasteiger partial charge in [-0.05, 0) is 11.4 Å². The van der Waals surface area contributed by atoms with Crippen molar-refractivity contribution in [3.8, 4) is 10.8 Å². The molecule has 0 unspecified atom stereocenters. The van der Waals surface area contributed by atoms with E-state index in [0.29, 0.717) is 4.88 Å². The largest absolute Gasteiger partial charge is 0.476 e. The zero-order valence-corrected chi connectivity index (χ0v) is 8.52. The first-order chi connectivity index (χ1) is 7.59. The molecule has 7 heteroatoms. The highest BCUT2D eigenvalue weighted by molar-refractivity contribution is 7.13. The molecule has 0 radical (unpaired) electrons. The molecule has 0 aromatic carbocycles. The van der Waals surface area contributed by atoms with Gasteiger partial charge in [-0.3, -0.25) is 0 Å². The highest BCUT2D eigenvalue weighted by Crippen LogP contribution is 2.26. The van der Waals surface area contributed by atoms with Crippen LogP contribution in [0.3, 0.4) is 0 Å². The van der Waals surface area contributed by atoms with E-state index in [-0.39, 0.29) is 5.89 Å². The Morgan fingerprint density at radius 2 is 2.06 bits per heavy atom. The lowest BCUT2D eigenvalue weighted by molar-refractivity contribution is 0.0624. The van der Waals surface area contributed by atoms with Gasteiger partial charge in [0.2, 0.25) is 17.3 Å². The molecule has 2 rings (SSSR count). The number of carboxylic acid groups (broad SMARTS) is 2. The fraction of sp³-hybridized carbons (Fsp3) is 0. The summed E-state index contributed by atoms with van der Waals surface area (Å²) in [5, 5.41) is 19.2. The molecule has 2 aromatic heterocycles. The van der Waals surface area contributed by atoms with Gasteiger partial charge in [-0.25, -0.2) is 14.6 Å². The van der Waals surface area contributed by atoms with Crippen molar-refractivity contribution in [3.05, 3.63) is 29.0 Å². The first kappa shape index (κ1) is 10.4. The maximum absolute atomic E-state index is 10.7. The Kier molecular flexibility index (Phi) is 2.45. The van der Waals surface area contributed by atoms with Crippen LogP contribution in [-0.2, 0) is 0 Å². The normalized spacial score (nSPS) is 10.2. The summed E-state index contributed by atoms with van der Waals surface area (Å²) in [6.07, 6.45) is 0. The highest BCUT2D eigenvalue weighted by atomic mass is 32.1. The van der Waals surface area contributed by atoms with E-state index in [2.05, 4.69) is 4.98 Å². The molecule has 0 aliphatic heterocycles. The van der Waals surface area contributed by atoms with Crippen molar-refractivity contribution in [3.63, 3.8) is 0 Å². The van der Waals surface area contributed by atoms with Crippen LogP contribution in [0.1, 0.15) is 21.0 Å². The van der Waals surface area contributed by atoms with E-state index in [1.165, 1.54) is 11.3 Å². The minimum Gasteiger partial charge on any atom is -0.476 e. The van der Waals surface area contributed by atoms with Gasteiger partial charge in [0.05, 0.1) is 4.88 Å². The fourth-order valence-corrected chi connectivity index (χ4v) is 1.76. The van der Waals surface area contributed by atoms with Gasteiger partial charge in [0.15, 0.2) is 0 Å². The van der Waals surface area contributed by atoms with E-state index in [1.54, 1.807) is 17.5 Å². The zero-order chi connectivity index (χ0) is 11.7. The number of aromatic nitrogens is 1. The summed E-state index contributed by atoms with van der Waals surface area (Å²) in [6, 6.07) is 3.39. The molecule has 16 heavy (non-hydrogen) atoms. The van der Waals surface area contributed by atoms with Gasteiger partial charge >= 0.3 is 11.9 Å². The summed E-state index contributed by atoms with van der Waals surface area (Å²) in [7, 11) is 0. The number of oxazole rings is 1. The van der Waals surface area contributed by atoms with Crippen LogP contribution in [0.2, 0.25) is 0 Å². The van der Waals surface area contributed by atoms with Gasteiger partial charge in [-0.15, -0.1) is 11.3 Å². The van der Waals surface area contributed by atoms with Gasteiger partial charge in [-0.2, -0.15) is 0 Å². The standard InChI is InChI=1S/C9H5NO5S/c11-8(12)5-6(9(13)14)15-7(10-5)4-2-1-3-16-4/h1-3H,(H,11,12)(H,13,14). The lowest BCUT2D eigenvalue weighted by Crippen LogP contribution is -2.05. The predicted molar refractivity (Wildman–Crippen MR) is 53.7 cm³/mol. The van der Waals surface area contributed by atoms with Crippen molar-refractivity contribution in [2.75, 3.05) is 0 Å². The molecule has 6 nitrogen and oxygen atoms in total. The van der Waals surface area contributed by atoms with Crippen molar-refractivity contribution in [2.45, 2.75) is 0 Å². The number of rotatable bonds is 3. The highest BCUT2D eigenvalue weighted by Gasteiger charge is 2.25. The molecule has 82 valence electrons. The molecule has 0 saturated carbocycles. The van der Waals surface area contributed by atoms with E-state index in [9.17, 15) is 9.59 Å². The number of hydrogen-bond donors (Lipinski definition) is 2. The van der Waals surface area contributed by atoms with Crippen molar-refractivity contribution in [1.82, 2.24) is 4.98 Å². The number of carbonyl (C=O) groups is 2. The Morgan fingerprint density at radius 1 is 1.31 bits per heavy atom. The topological polar surface area (TPSA) is 101 Å². The average molecular weight is 239 g/mol. The first-order valence-electron chi connectivity index (χ1n) is 4.11. The quantitative estimate of drug-likeness (QED) is 0.846. The second-order valence-electron chi connectivity index (χ2n) is 2.78. The number of thiophene rings is 1. The molecule has 0 amide bonds. The van der Waals surface area contributed by atoms with E-state index in [1.807, 2.05) is 0 Å². The molecular weight excluding hydrogens is 234 g/mol. The molecule has 0 aliphatic carbocycles.